The van der Waals surface area contributed by atoms with E-state index in [0.29, 0.717) is 36.8 Å². The average molecular weight is 493 g/mol. The van der Waals surface area contributed by atoms with E-state index in [1.165, 1.54) is 11.3 Å². The van der Waals surface area contributed by atoms with Crippen LogP contribution in [0.25, 0.3) is 5.69 Å². The van der Waals surface area contributed by atoms with E-state index in [1.54, 1.807) is 37.3 Å². The molecule has 0 fully saturated rings. The fourth-order valence-corrected chi connectivity index (χ4v) is 4.79. The molecule has 2 aliphatic rings. The molecule has 0 unspecified atom stereocenters. The monoisotopic (exact) mass is 492 g/mol. The minimum absolute atomic E-state index is 0.103. The van der Waals surface area contributed by atoms with Gasteiger partial charge < -0.3 is 23.8 Å². The lowest BCUT2D eigenvalue weighted by Gasteiger charge is -2.27. The Morgan fingerprint density at radius 3 is 2.78 bits per heavy atom. The number of fused-ring (bicyclic) bond motifs is 2. The Bertz CT molecular complexity index is 1240. The molecule has 5 rings (SSSR count). The third-order valence-corrected chi connectivity index (χ3v) is 6.79. The molecule has 0 bridgehead atoms. The maximum atomic E-state index is 13.6. The van der Waals surface area contributed by atoms with Crippen molar-refractivity contribution < 1.29 is 23.7 Å². The second kappa shape index (κ2) is 10.6. The average Bonchev–Trinajstić information content (AvgIpc) is 3.54. The molecule has 0 saturated carbocycles. The van der Waals surface area contributed by atoms with Crippen LogP contribution >= 0.6 is 0 Å². The van der Waals surface area contributed by atoms with Gasteiger partial charge in [0, 0.05) is 44.3 Å². The quantitative estimate of drug-likeness (QED) is 0.454. The number of rotatable bonds is 9. The molecule has 2 aliphatic heterocycles. The number of hydrogen-bond acceptors (Lipinski definition) is 7. The number of likely N-dealkylation sites (N-methyl/N-ethyl adjacent to an activating group) is 1. The summed E-state index contributed by atoms with van der Waals surface area (Å²) in [6.07, 6.45) is 0.877. The molecule has 1 aromatic heterocycles. The van der Waals surface area contributed by atoms with Crippen molar-refractivity contribution >= 4 is 5.91 Å². The summed E-state index contributed by atoms with van der Waals surface area (Å²) in [7, 11) is 3.31. The van der Waals surface area contributed by atoms with Crippen LogP contribution in [0.4, 0.5) is 0 Å². The lowest BCUT2D eigenvalue weighted by molar-refractivity contribution is 0.0676. The Hall–Kier alpha value is -3.56. The first-order chi connectivity index (χ1) is 17.6. The van der Waals surface area contributed by atoms with Crippen LogP contribution in [0.15, 0.2) is 42.5 Å². The van der Waals surface area contributed by atoms with Crippen LogP contribution < -0.4 is 14.2 Å². The van der Waals surface area contributed by atoms with Gasteiger partial charge in [0.1, 0.15) is 11.4 Å². The van der Waals surface area contributed by atoms with Crippen molar-refractivity contribution in [2.75, 3.05) is 47.3 Å². The van der Waals surface area contributed by atoms with Gasteiger partial charge in [-0.25, -0.2) is 4.68 Å². The predicted molar refractivity (Wildman–Crippen MR) is 134 cm³/mol. The highest BCUT2D eigenvalue weighted by Gasteiger charge is 2.28. The zero-order chi connectivity index (χ0) is 25.1. The van der Waals surface area contributed by atoms with Crippen LogP contribution in [-0.2, 0) is 24.2 Å². The normalized spacial score (nSPS) is 14.5. The van der Waals surface area contributed by atoms with Crippen LogP contribution in [0.3, 0.4) is 0 Å². The Kier molecular flexibility index (Phi) is 7.11. The summed E-state index contributed by atoms with van der Waals surface area (Å²) >= 11 is 0. The van der Waals surface area contributed by atoms with E-state index in [2.05, 4.69) is 11.8 Å². The number of benzene rings is 2. The molecule has 36 heavy (non-hydrogen) atoms. The van der Waals surface area contributed by atoms with Crippen LogP contribution in [0.2, 0.25) is 0 Å². The molecule has 0 aliphatic carbocycles. The molecule has 9 heteroatoms. The summed E-state index contributed by atoms with van der Waals surface area (Å²) < 4.78 is 23.9. The highest BCUT2D eigenvalue weighted by Crippen LogP contribution is 2.34. The molecular formula is C27H32N4O5. The van der Waals surface area contributed by atoms with Crippen LogP contribution in [0.1, 0.15) is 34.2 Å². The molecule has 0 radical (unpaired) electrons. The first-order valence-electron chi connectivity index (χ1n) is 12.3. The Labute approximate surface area is 211 Å². The minimum atomic E-state index is -0.103. The highest BCUT2D eigenvalue weighted by atomic mass is 16.7. The van der Waals surface area contributed by atoms with Crippen molar-refractivity contribution in [3.63, 3.8) is 0 Å². The molecule has 0 saturated heterocycles. The predicted octanol–water partition coefficient (Wildman–Crippen LogP) is 3.28. The summed E-state index contributed by atoms with van der Waals surface area (Å²) in [5.74, 6) is 1.90. The van der Waals surface area contributed by atoms with Gasteiger partial charge in [-0.1, -0.05) is 19.1 Å². The van der Waals surface area contributed by atoms with Crippen LogP contribution in [-0.4, -0.2) is 72.7 Å². The van der Waals surface area contributed by atoms with E-state index >= 15 is 0 Å². The number of para-hydroxylation sites is 2. The van der Waals surface area contributed by atoms with Gasteiger partial charge in [0.25, 0.3) is 5.91 Å². The van der Waals surface area contributed by atoms with Gasteiger partial charge in [0.05, 0.1) is 31.6 Å². The van der Waals surface area contributed by atoms with Crippen LogP contribution in [0.5, 0.6) is 17.2 Å². The number of hydrogen-bond donors (Lipinski definition) is 0. The van der Waals surface area contributed by atoms with E-state index in [-0.39, 0.29) is 12.7 Å². The smallest absolute Gasteiger partial charge is 0.254 e. The Balaban J connectivity index is 1.51. The maximum absolute atomic E-state index is 13.6. The zero-order valence-electron chi connectivity index (χ0n) is 21.0. The van der Waals surface area contributed by atoms with Crippen LogP contribution in [0, 0.1) is 0 Å². The van der Waals surface area contributed by atoms with Gasteiger partial charge in [0.2, 0.25) is 6.79 Å². The summed E-state index contributed by atoms with van der Waals surface area (Å²) in [5.41, 5.74) is 4.68. The van der Waals surface area contributed by atoms with Gasteiger partial charge in [-0.05, 0) is 36.9 Å². The topological polar surface area (TPSA) is 78.3 Å². The van der Waals surface area contributed by atoms with Gasteiger partial charge in [-0.15, -0.1) is 0 Å². The van der Waals surface area contributed by atoms with Gasteiger partial charge in [-0.2, -0.15) is 5.10 Å². The van der Waals surface area contributed by atoms with Crippen molar-refractivity contribution in [1.82, 2.24) is 19.6 Å². The Morgan fingerprint density at radius 2 is 1.97 bits per heavy atom. The van der Waals surface area contributed by atoms with Crippen molar-refractivity contribution in [1.29, 1.82) is 0 Å². The van der Waals surface area contributed by atoms with Crippen molar-refractivity contribution in [3.05, 3.63) is 65.0 Å². The largest absolute Gasteiger partial charge is 0.494 e. The van der Waals surface area contributed by atoms with E-state index < -0.39 is 0 Å². The number of carbonyl (C=O) groups excluding carboxylic acids is 1. The second-order valence-electron chi connectivity index (χ2n) is 8.86. The van der Waals surface area contributed by atoms with Crippen molar-refractivity contribution in [2.24, 2.45) is 0 Å². The fraction of sp³-hybridized carbons (Fsp3) is 0.407. The molecule has 0 N–H and O–H groups in total. The standard InChI is InChI=1S/C27H32N4O5/c1-4-29-12-11-22-20(16-29)21(28-31(22)23-7-5-6-8-24(23)34-3)17-30(13-14-33-2)27(32)19-9-10-25-26(15-19)36-18-35-25/h5-10,15H,4,11-14,16-18H2,1-3H3. The molecule has 190 valence electrons. The zero-order valence-corrected chi connectivity index (χ0v) is 21.0. The first kappa shape index (κ1) is 24.1. The number of carbonyl (C=O) groups is 1. The SMILES string of the molecule is CCN1CCc2c(c(CN(CCOC)C(=O)c3ccc4c(c3)OCO4)nn2-c2ccccc2OC)C1. The van der Waals surface area contributed by atoms with Crippen molar-refractivity contribution in [2.45, 2.75) is 26.4 Å². The first-order valence-corrected chi connectivity index (χ1v) is 12.3. The molecule has 9 nitrogen and oxygen atoms in total. The van der Waals surface area contributed by atoms with E-state index in [1.807, 2.05) is 28.9 Å². The molecule has 1 amide bonds. The van der Waals surface area contributed by atoms with E-state index in [0.717, 1.165) is 43.2 Å². The lowest BCUT2D eigenvalue weighted by atomic mass is 10.0. The number of methoxy groups -OCH3 is 2. The fourth-order valence-electron chi connectivity index (χ4n) is 4.79. The third-order valence-electron chi connectivity index (χ3n) is 6.79. The minimum Gasteiger partial charge on any atom is -0.494 e. The number of aromatic nitrogens is 2. The molecule has 0 spiro atoms. The molecule has 0 atom stereocenters. The highest BCUT2D eigenvalue weighted by molar-refractivity contribution is 5.95. The Morgan fingerprint density at radius 1 is 1.14 bits per heavy atom. The van der Waals surface area contributed by atoms with E-state index in [9.17, 15) is 4.79 Å². The summed E-state index contributed by atoms with van der Waals surface area (Å²) in [6.45, 7) is 6.30. The van der Waals surface area contributed by atoms with Gasteiger partial charge >= 0.3 is 0 Å². The van der Waals surface area contributed by atoms with Crippen molar-refractivity contribution in [3.8, 4) is 22.9 Å². The summed E-state index contributed by atoms with van der Waals surface area (Å²) in [5, 5.41) is 5.05. The van der Waals surface area contributed by atoms with E-state index in [4.69, 9.17) is 24.0 Å². The van der Waals surface area contributed by atoms with Gasteiger partial charge in [0.15, 0.2) is 11.5 Å². The maximum Gasteiger partial charge on any atom is 0.254 e. The molecule has 3 heterocycles. The van der Waals surface area contributed by atoms with Gasteiger partial charge in [-0.3, -0.25) is 9.69 Å². The molecular weight excluding hydrogens is 460 g/mol. The summed E-state index contributed by atoms with van der Waals surface area (Å²) in [6, 6.07) is 13.2. The molecule has 2 aromatic carbocycles. The number of nitrogens with zero attached hydrogens (tertiary/aromatic N) is 4. The third kappa shape index (κ3) is 4.64. The second-order valence-corrected chi connectivity index (χ2v) is 8.86. The lowest BCUT2D eigenvalue weighted by Crippen LogP contribution is -2.35. The summed E-state index contributed by atoms with van der Waals surface area (Å²) in [4.78, 5) is 17.8. The number of ether oxygens (including phenoxy) is 4. The number of amides is 1. The molecule has 3 aromatic rings.